The number of hydrogen-bond donors (Lipinski definition) is 1. The summed E-state index contributed by atoms with van der Waals surface area (Å²) in [5, 5.41) is 3.28. The predicted molar refractivity (Wildman–Crippen MR) is 61.7 cm³/mol. The van der Waals surface area contributed by atoms with Gasteiger partial charge >= 0.3 is 0 Å². The van der Waals surface area contributed by atoms with Crippen LogP contribution in [0.15, 0.2) is 24.3 Å². The third-order valence-electron chi connectivity index (χ3n) is 2.37. The Labute approximate surface area is 96.2 Å². The average Bonchev–Trinajstić information content (AvgIpc) is 2.72. The van der Waals surface area contributed by atoms with Gasteiger partial charge in [0.15, 0.2) is 0 Å². The molecule has 1 atom stereocenters. The zero-order valence-electron chi connectivity index (χ0n) is 8.73. The molecule has 84 valence electrons. The fourth-order valence-electron chi connectivity index (χ4n) is 1.59. The Kier molecular flexibility index (Phi) is 4.88. The van der Waals surface area contributed by atoms with Gasteiger partial charge in [-0.2, -0.15) is 0 Å². The molecular formula is C11H16ClNO2. The van der Waals surface area contributed by atoms with Gasteiger partial charge in [0, 0.05) is 13.0 Å². The van der Waals surface area contributed by atoms with E-state index in [1.54, 1.807) is 7.11 Å². The lowest BCUT2D eigenvalue weighted by molar-refractivity contribution is 0.102. The summed E-state index contributed by atoms with van der Waals surface area (Å²) in [6, 6.07) is 8.10. The van der Waals surface area contributed by atoms with Gasteiger partial charge in [-0.05, 0) is 17.7 Å². The molecule has 0 bridgehead atoms. The van der Waals surface area contributed by atoms with Crippen LogP contribution < -0.4 is 10.1 Å². The normalized spacial score (nSPS) is 19.7. The summed E-state index contributed by atoms with van der Waals surface area (Å²) < 4.78 is 10.6. The van der Waals surface area contributed by atoms with Crippen molar-refractivity contribution < 1.29 is 9.47 Å². The minimum absolute atomic E-state index is 0. The third kappa shape index (κ3) is 3.38. The maximum Gasteiger partial charge on any atom is 0.118 e. The smallest absolute Gasteiger partial charge is 0.118 e. The molecule has 1 aliphatic heterocycles. The Bertz CT molecular complexity index is 283. The maximum atomic E-state index is 5.47. The molecule has 1 saturated heterocycles. The van der Waals surface area contributed by atoms with Crippen LogP contribution in [0, 0.1) is 0 Å². The highest BCUT2D eigenvalue weighted by molar-refractivity contribution is 5.85. The number of rotatable bonds is 3. The molecule has 0 aromatic heterocycles. The summed E-state index contributed by atoms with van der Waals surface area (Å²) in [5.74, 6) is 0.897. The van der Waals surface area contributed by atoms with Crippen molar-refractivity contribution in [2.75, 3.05) is 20.3 Å². The molecular weight excluding hydrogens is 214 g/mol. The lowest BCUT2D eigenvalue weighted by Gasteiger charge is -2.09. The molecule has 2 rings (SSSR count). The highest BCUT2D eigenvalue weighted by Crippen LogP contribution is 2.13. The molecule has 1 heterocycles. The first kappa shape index (κ1) is 12.3. The monoisotopic (exact) mass is 229 g/mol. The van der Waals surface area contributed by atoms with Gasteiger partial charge < -0.3 is 9.47 Å². The van der Waals surface area contributed by atoms with E-state index in [1.165, 1.54) is 5.56 Å². The van der Waals surface area contributed by atoms with Crippen LogP contribution in [0.25, 0.3) is 0 Å². The van der Waals surface area contributed by atoms with Crippen molar-refractivity contribution in [2.24, 2.45) is 0 Å². The van der Waals surface area contributed by atoms with Crippen molar-refractivity contribution in [3.05, 3.63) is 29.8 Å². The van der Waals surface area contributed by atoms with E-state index in [0.29, 0.717) is 0 Å². The quantitative estimate of drug-likeness (QED) is 0.854. The molecule has 0 saturated carbocycles. The highest BCUT2D eigenvalue weighted by Gasteiger charge is 2.14. The van der Waals surface area contributed by atoms with Gasteiger partial charge in [0.25, 0.3) is 0 Å². The van der Waals surface area contributed by atoms with Crippen LogP contribution >= 0.6 is 12.4 Å². The summed E-state index contributed by atoms with van der Waals surface area (Å²) in [7, 11) is 1.68. The fourth-order valence-corrected chi connectivity index (χ4v) is 1.59. The van der Waals surface area contributed by atoms with Crippen LogP contribution in [-0.4, -0.2) is 26.5 Å². The summed E-state index contributed by atoms with van der Waals surface area (Å²) in [4.78, 5) is 0. The first-order valence-corrected chi connectivity index (χ1v) is 4.86. The molecule has 1 aliphatic rings. The van der Waals surface area contributed by atoms with Gasteiger partial charge in [-0.1, -0.05) is 12.1 Å². The van der Waals surface area contributed by atoms with Crippen molar-refractivity contribution in [3.63, 3.8) is 0 Å². The van der Waals surface area contributed by atoms with E-state index in [1.807, 2.05) is 12.1 Å². The number of hydrogen-bond acceptors (Lipinski definition) is 3. The number of ether oxygens (including phenoxy) is 2. The molecule has 1 unspecified atom stereocenters. The number of methoxy groups -OCH3 is 1. The Hall–Kier alpha value is -0.770. The SMILES string of the molecule is COc1ccc(CC2NCCO2)cc1.Cl. The number of halogens is 1. The van der Waals surface area contributed by atoms with Gasteiger partial charge in [-0.25, -0.2) is 0 Å². The van der Waals surface area contributed by atoms with Crippen molar-refractivity contribution in [2.45, 2.75) is 12.6 Å². The van der Waals surface area contributed by atoms with Gasteiger partial charge in [-0.15, -0.1) is 12.4 Å². The van der Waals surface area contributed by atoms with E-state index in [-0.39, 0.29) is 18.6 Å². The van der Waals surface area contributed by atoms with Crippen LogP contribution in [-0.2, 0) is 11.2 Å². The largest absolute Gasteiger partial charge is 0.497 e. The third-order valence-corrected chi connectivity index (χ3v) is 2.37. The number of benzene rings is 1. The molecule has 3 nitrogen and oxygen atoms in total. The van der Waals surface area contributed by atoms with E-state index < -0.39 is 0 Å². The molecule has 1 N–H and O–H groups in total. The minimum atomic E-state index is 0. The topological polar surface area (TPSA) is 30.5 Å². The summed E-state index contributed by atoms with van der Waals surface area (Å²) in [5.41, 5.74) is 1.27. The van der Waals surface area contributed by atoms with Crippen molar-refractivity contribution >= 4 is 12.4 Å². The van der Waals surface area contributed by atoms with Crippen LogP contribution in [0.5, 0.6) is 5.75 Å². The van der Waals surface area contributed by atoms with Crippen LogP contribution in [0.2, 0.25) is 0 Å². The van der Waals surface area contributed by atoms with Crippen LogP contribution in [0.3, 0.4) is 0 Å². The van der Waals surface area contributed by atoms with Crippen molar-refractivity contribution in [3.8, 4) is 5.75 Å². The molecule has 1 aromatic carbocycles. The highest BCUT2D eigenvalue weighted by atomic mass is 35.5. The van der Waals surface area contributed by atoms with Gasteiger partial charge in [0.2, 0.25) is 0 Å². The molecule has 15 heavy (non-hydrogen) atoms. The molecule has 1 aromatic rings. The molecule has 0 aliphatic carbocycles. The van der Waals surface area contributed by atoms with Gasteiger partial charge in [0.05, 0.1) is 13.7 Å². The second kappa shape index (κ2) is 5.95. The van der Waals surface area contributed by atoms with Crippen LogP contribution in [0.4, 0.5) is 0 Å². The molecule has 1 fully saturated rings. The Balaban J connectivity index is 0.00000112. The fraction of sp³-hybridized carbons (Fsp3) is 0.455. The maximum absolute atomic E-state index is 5.47. The predicted octanol–water partition coefficient (Wildman–Crippen LogP) is 1.61. The molecule has 0 spiro atoms. The van der Waals surface area contributed by atoms with E-state index in [2.05, 4.69) is 17.4 Å². The van der Waals surface area contributed by atoms with E-state index in [9.17, 15) is 0 Å². The lowest BCUT2D eigenvalue weighted by Crippen LogP contribution is -2.24. The molecule has 0 amide bonds. The lowest BCUT2D eigenvalue weighted by atomic mass is 10.1. The Morgan fingerprint density at radius 2 is 2.13 bits per heavy atom. The van der Waals surface area contributed by atoms with E-state index in [4.69, 9.17) is 9.47 Å². The molecule has 0 radical (unpaired) electrons. The standard InChI is InChI=1S/C11H15NO2.ClH/c1-13-10-4-2-9(3-5-10)8-11-12-6-7-14-11;/h2-5,11-12H,6-8H2,1H3;1H. The van der Waals surface area contributed by atoms with E-state index >= 15 is 0 Å². The Morgan fingerprint density at radius 3 is 2.67 bits per heavy atom. The van der Waals surface area contributed by atoms with Gasteiger partial charge in [-0.3, -0.25) is 5.32 Å². The second-order valence-corrected chi connectivity index (χ2v) is 3.37. The first-order chi connectivity index (χ1) is 6.88. The van der Waals surface area contributed by atoms with Crippen molar-refractivity contribution in [1.29, 1.82) is 0 Å². The van der Waals surface area contributed by atoms with Crippen LogP contribution in [0.1, 0.15) is 5.56 Å². The molecule has 4 heteroatoms. The van der Waals surface area contributed by atoms with Gasteiger partial charge in [0.1, 0.15) is 12.0 Å². The summed E-state index contributed by atoms with van der Waals surface area (Å²) in [6.07, 6.45) is 1.10. The van der Waals surface area contributed by atoms with E-state index in [0.717, 1.165) is 25.3 Å². The zero-order chi connectivity index (χ0) is 9.80. The number of nitrogens with one attached hydrogen (secondary N) is 1. The average molecular weight is 230 g/mol. The second-order valence-electron chi connectivity index (χ2n) is 3.37. The summed E-state index contributed by atoms with van der Waals surface area (Å²) in [6.45, 7) is 1.78. The minimum Gasteiger partial charge on any atom is -0.497 e. The summed E-state index contributed by atoms with van der Waals surface area (Å²) >= 11 is 0. The zero-order valence-corrected chi connectivity index (χ0v) is 9.55. The first-order valence-electron chi connectivity index (χ1n) is 4.86. The van der Waals surface area contributed by atoms with Crippen molar-refractivity contribution in [1.82, 2.24) is 5.32 Å². The Morgan fingerprint density at radius 1 is 1.40 bits per heavy atom.